The second kappa shape index (κ2) is 4.16. The summed E-state index contributed by atoms with van der Waals surface area (Å²) in [6, 6.07) is 4.15. The van der Waals surface area contributed by atoms with Crippen molar-refractivity contribution in [3.8, 4) is 0 Å². The number of rotatable bonds is 2. The average molecular weight is 293 g/mol. The van der Waals surface area contributed by atoms with Gasteiger partial charge in [-0.1, -0.05) is 6.92 Å². The Morgan fingerprint density at radius 2 is 2.43 bits per heavy atom. The highest BCUT2D eigenvalue weighted by molar-refractivity contribution is 9.11. The number of aliphatic hydroxyl groups is 1. The molecule has 0 aromatic carbocycles. The third kappa shape index (κ3) is 2.18. The van der Waals surface area contributed by atoms with E-state index in [0.717, 1.165) is 22.4 Å². The lowest BCUT2D eigenvalue weighted by Gasteiger charge is -2.25. The van der Waals surface area contributed by atoms with Gasteiger partial charge in [-0.3, -0.25) is 0 Å². The van der Waals surface area contributed by atoms with E-state index in [0.29, 0.717) is 5.25 Å². The number of thioether (sulfide) groups is 1. The summed E-state index contributed by atoms with van der Waals surface area (Å²) in [5.41, 5.74) is -0.477. The molecule has 0 spiro atoms. The summed E-state index contributed by atoms with van der Waals surface area (Å²) < 4.78 is 1.15. The van der Waals surface area contributed by atoms with Gasteiger partial charge in [-0.05, 0) is 40.2 Å². The molecule has 0 bridgehead atoms. The smallest absolute Gasteiger partial charge is 0.0818 e. The van der Waals surface area contributed by atoms with Crippen molar-refractivity contribution >= 4 is 39.0 Å². The Morgan fingerprint density at radius 1 is 1.64 bits per heavy atom. The van der Waals surface area contributed by atoms with Crippen LogP contribution in [0, 0.1) is 0 Å². The SMILES string of the molecule is CC1SCCC1(O)Cc1ccc(Br)s1. The minimum atomic E-state index is -0.477. The molecule has 1 aliphatic heterocycles. The Hall–Kier alpha value is 0.490. The van der Waals surface area contributed by atoms with Gasteiger partial charge < -0.3 is 5.11 Å². The maximum Gasteiger partial charge on any atom is 0.0818 e. The summed E-state index contributed by atoms with van der Waals surface area (Å²) >= 11 is 7.04. The summed E-state index contributed by atoms with van der Waals surface area (Å²) in [5, 5.41) is 10.8. The topological polar surface area (TPSA) is 20.2 Å². The molecule has 1 aliphatic rings. The minimum absolute atomic E-state index is 0.364. The van der Waals surface area contributed by atoms with Gasteiger partial charge in [0.05, 0.1) is 9.39 Å². The lowest BCUT2D eigenvalue weighted by Crippen LogP contribution is -2.36. The van der Waals surface area contributed by atoms with Gasteiger partial charge in [-0.15, -0.1) is 11.3 Å². The van der Waals surface area contributed by atoms with Crippen LogP contribution in [-0.4, -0.2) is 21.7 Å². The number of halogens is 1. The third-order valence-corrected chi connectivity index (χ3v) is 5.77. The first kappa shape index (κ1) is 11.0. The molecule has 1 aromatic heterocycles. The molecule has 4 heteroatoms. The standard InChI is InChI=1S/C10H13BrOS2/c1-7-10(12,4-5-13-7)6-8-2-3-9(11)14-8/h2-3,7,12H,4-6H2,1H3. The fourth-order valence-electron chi connectivity index (χ4n) is 1.75. The van der Waals surface area contributed by atoms with Gasteiger partial charge in [0.2, 0.25) is 0 Å². The van der Waals surface area contributed by atoms with Gasteiger partial charge in [-0.2, -0.15) is 11.8 Å². The molecule has 2 heterocycles. The van der Waals surface area contributed by atoms with Crippen LogP contribution >= 0.6 is 39.0 Å². The Bertz CT molecular complexity index is 326. The molecular formula is C10H13BrOS2. The lowest BCUT2D eigenvalue weighted by molar-refractivity contribution is 0.0472. The van der Waals surface area contributed by atoms with Crippen LogP contribution in [0.4, 0.5) is 0 Å². The van der Waals surface area contributed by atoms with Crippen LogP contribution < -0.4 is 0 Å². The molecule has 2 atom stereocenters. The first-order chi connectivity index (χ1) is 6.60. The van der Waals surface area contributed by atoms with E-state index in [1.54, 1.807) is 11.3 Å². The molecule has 2 unspecified atom stereocenters. The van der Waals surface area contributed by atoms with E-state index in [1.165, 1.54) is 4.88 Å². The van der Waals surface area contributed by atoms with E-state index in [-0.39, 0.29) is 0 Å². The average Bonchev–Trinajstić information content (AvgIpc) is 2.62. The van der Waals surface area contributed by atoms with Crippen molar-refractivity contribution in [1.29, 1.82) is 0 Å². The molecule has 0 saturated carbocycles. The zero-order valence-corrected chi connectivity index (χ0v) is 11.2. The van der Waals surface area contributed by atoms with Crippen LogP contribution in [0.1, 0.15) is 18.2 Å². The maximum absolute atomic E-state index is 10.4. The van der Waals surface area contributed by atoms with Crippen LogP contribution in [-0.2, 0) is 6.42 Å². The second-order valence-corrected chi connectivity index (χ2v) is 7.75. The van der Waals surface area contributed by atoms with E-state index in [9.17, 15) is 5.11 Å². The molecule has 0 amide bonds. The molecule has 1 N–H and O–H groups in total. The molecule has 14 heavy (non-hydrogen) atoms. The van der Waals surface area contributed by atoms with Gasteiger partial charge in [-0.25, -0.2) is 0 Å². The highest BCUT2D eigenvalue weighted by Crippen LogP contribution is 2.39. The quantitative estimate of drug-likeness (QED) is 0.902. The molecule has 78 valence electrons. The summed E-state index contributed by atoms with van der Waals surface area (Å²) in [5.74, 6) is 1.09. The number of hydrogen-bond acceptors (Lipinski definition) is 3. The summed E-state index contributed by atoms with van der Waals surface area (Å²) in [6.07, 6.45) is 1.73. The number of thiophene rings is 1. The van der Waals surface area contributed by atoms with Gasteiger partial charge >= 0.3 is 0 Å². The predicted octanol–water partition coefficient (Wildman–Crippen LogP) is 3.31. The zero-order chi connectivity index (χ0) is 10.2. The monoisotopic (exact) mass is 292 g/mol. The Balaban J connectivity index is 2.10. The van der Waals surface area contributed by atoms with Gasteiger partial charge in [0.15, 0.2) is 0 Å². The van der Waals surface area contributed by atoms with E-state index in [4.69, 9.17) is 0 Å². The minimum Gasteiger partial charge on any atom is -0.388 e. The molecule has 2 rings (SSSR count). The van der Waals surface area contributed by atoms with Crippen LogP contribution in [0.3, 0.4) is 0 Å². The Kier molecular flexibility index (Phi) is 3.27. The highest BCUT2D eigenvalue weighted by Gasteiger charge is 2.39. The fourth-order valence-corrected chi connectivity index (χ4v) is 4.69. The van der Waals surface area contributed by atoms with Crippen molar-refractivity contribution in [2.75, 3.05) is 5.75 Å². The summed E-state index contributed by atoms with van der Waals surface area (Å²) in [4.78, 5) is 1.27. The lowest BCUT2D eigenvalue weighted by atomic mass is 9.93. The van der Waals surface area contributed by atoms with Crippen molar-refractivity contribution in [2.45, 2.75) is 30.6 Å². The first-order valence-electron chi connectivity index (χ1n) is 4.68. The maximum atomic E-state index is 10.4. The van der Waals surface area contributed by atoms with E-state index in [1.807, 2.05) is 11.8 Å². The van der Waals surface area contributed by atoms with E-state index < -0.39 is 5.60 Å². The van der Waals surface area contributed by atoms with E-state index in [2.05, 4.69) is 35.0 Å². The van der Waals surface area contributed by atoms with Gasteiger partial charge in [0.1, 0.15) is 0 Å². The van der Waals surface area contributed by atoms with Crippen LogP contribution in [0.15, 0.2) is 15.9 Å². The van der Waals surface area contributed by atoms with Crippen molar-refractivity contribution < 1.29 is 5.11 Å². The highest BCUT2D eigenvalue weighted by atomic mass is 79.9. The van der Waals surface area contributed by atoms with E-state index >= 15 is 0 Å². The van der Waals surface area contributed by atoms with Crippen molar-refractivity contribution in [3.05, 3.63) is 20.8 Å². The fraction of sp³-hybridized carbons (Fsp3) is 0.600. The number of hydrogen-bond donors (Lipinski definition) is 1. The first-order valence-corrected chi connectivity index (χ1v) is 7.34. The summed E-state index contributed by atoms with van der Waals surface area (Å²) in [6.45, 7) is 2.13. The normalized spacial score (nSPS) is 32.4. The van der Waals surface area contributed by atoms with Gasteiger partial charge in [0, 0.05) is 16.5 Å². The Morgan fingerprint density at radius 3 is 2.93 bits per heavy atom. The van der Waals surface area contributed by atoms with Crippen molar-refractivity contribution in [1.82, 2.24) is 0 Å². The molecule has 0 radical (unpaired) electrons. The van der Waals surface area contributed by atoms with Crippen LogP contribution in [0.2, 0.25) is 0 Å². The van der Waals surface area contributed by atoms with Crippen LogP contribution in [0.5, 0.6) is 0 Å². The third-order valence-electron chi connectivity index (χ3n) is 2.77. The van der Waals surface area contributed by atoms with Crippen molar-refractivity contribution in [2.24, 2.45) is 0 Å². The molecule has 1 fully saturated rings. The molecule has 1 aromatic rings. The van der Waals surface area contributed by atoms with Gasteiger partial charge in [0.25, 0.3) is 0 Å². The second-order valence-electron chi connectivity index (χ2n) is 3.75. The van der Waals surface area contributed by atoms with Crippen molar-refractivity contribution in [3.63, 3.8) is 0 Å². The molecule has 1 nitrogen and oxygen atoms in total. The predicted molar refractivity (Wildman–Crippen MR) is 67.2 cm³/mol. The Labute approximate surface area is 101 Å². The van der Waals surface area contributed by atoms with Crippen LogP contribution in [0.25, 0.3) is 0 Å². The molecular weight excluding hydrogens is 280 g/mol. The largest absolute Gasteiger partial charge is 0.388 e. The summed E-state index contributed by atoms with van der Waals surface area (Å²) in [7, 11) is 0. The molecule has 1 saturated heterocycles. The zero-order valence-electron chi connectivity index (χ0n) is 8.00. The molecule has 0 aliphatic carbocycles.